The zero-order valence-corrected chi connectivity index (χ0v) is 12.3. The van der Waals surface area contributed by atoms with Crippen molar-refractivity contribution in [1.29, 1.82) is 0 Å². The third kappa shape index (κ3) is 3.36. The smallest absolute Gasteiger partial charge is 0.258 e. The van der Waals surface area contributed by atoms with E-state index < -0.39 is 0 Å². The van der Waals surface area contributed by atoms with Gasteiger partial charge in [0.05, 0.1) is 18.1 Å². The van der Waals surface area contributed by atoms with Crippen molar-refractivity contribution < 1.29 is 4.74 Å². The van der Waals surface area contributed by atoms with Crippen molar-refractivity contribution in [3.05, 3.63) is 40.8 Å². The molecule has 0 atom stereocenters. The molecule has 106 valence electrons. The van der Waals surface area contributed by atoms with Crippen LogP contribution in [0.4, 0.5) is 0 Å². The highest BCUT2D eigenvalue weighted by Crippen LogP contribution is 2.18. The zero-order chi connectivity index (χ0) is 14.5. The van der Waals surface area contributed by atoms with E-state index in [-0.39, 0.29) is 12.1 Å². The number of unbranched alkanes of at least 4 members (excludes halogenated alkanes) is 1. The Morgan fingerprint density at radius 3 is 2.90 bits per heavy atom. The second-order valence-corrected chi connectivity index (χ2v) is 5.19. The minimum Gasteiger partial charge on any atom is -0.494 e. The summed E-state index contributed by atoms with van der Waals surface area (Å²) < 4.78 is 7.16. The van der Waals surface area contributed by atoms with Crippen LogP contribution in [-0.2, 0) is 6.54 Å². The van der Waals surface area contributed by atoms with Gasteiger partial charge in [0.15, 0.2) is 0 Å². The van der Waals surface area contributed by atoms with Crippen molar-refractivity contribution in [3.63, 3.8) is 0 Å². The SMILES string of the molecule is CCCCOc1ccc2c(=O)n(CC(N)=S)ccc2c1. The van der Waals surface area contributed by atoms with Gasteiger partial charge in [0, 0.05) is 11.6 Å². The molecule has 0 bridgehead atoms. The van der Waals surface area contributed by atoms with Crippen molar-refractivity contribution in [2.24, 2.45) is 5.73 Å². The van der Waals surface area contributed by atoms with Crippen molar-refractivity contribution in [3.8, 4) is 5.75 Å². The first-order chi connectivity index (χ1) is 9.61. The van der Waals surface area contributed by atoms with Crippen molar-refractivity contribution >= 4 is 28.0 Å². The van der Waals surface area contributed by atoms with Crippen molar-refractivity contribution in [2.45, 2.75) is 26.3 Å². The number of benzene rings is 1. The summed E-state index contributed by atoms with van der Waals surface area (Å²) in [5.74, 6) is 0.789. The van der Waals surface area contributed by atoms with Gasteiger partial charge in [-0.25, -0.2) is 0 Å². The topological polar surface area (TPSA) is 57.2 Å². The molecule has 0 unspecified atom stereocenters. The van der Waals surface area contributed by atoms with Crippen LogP contribution in [0.3, 0.4) is 0 Å². The van der Waals surface area contributed by atoms with Crippen LogP contribution in [0.1, 0.15) is 19.8 Å². The van der Waals surface area contributed by atoms with E-state index in [0.29, 0.717) is 17.0 Å². The highest BCUT2D eigenvalue weighted by molar-refractivity contribution is 7.80. The second-order valence-electron chi connectivity index (χ2n) is 4.67. The summed E-state index contributed by atoms with van der Waals surface area (Å²) in [4.78, 5) is 12.5. The summed E-state index contributed by atoms with van der Waals surface area (Å²) in [6.07, 6.45) is 3.82. The largest absolute Gasteiger partial charge is 0.494 e. The molecule has 1 aromatic carbocycles. The number of pyridine rings is 1. The Labute approximate surface area is 123 Å². The third-order valence-corrected chi connectivity index (χ3v) is 3.17. The lowest BCUT2D eigenvalue weighted by molar-refractivity contribution is 0.310. The first-order valence-electron chi connectivity index (χ1n) is 6.66. The van der Waals surface area contributed by atoms with Crippen LogP contribution in [-0.4, -0.2) is 16.2 Å². The molecular formula is C15H18N2O2S. The van der Waals surface area contributed by atoms with Crippen LogP contribution in [0.2, 0.25) is 0 Å². The second kappa shape index (κ2) is 6.52. The number of thiocarbonyl (C=S) groups is 1. The number of aromatic nitrogens is 1. The summed E-state index contributed by atoms with van der Waals surface area (Å²) in [6.45, 7) is 3.08. The molecule has 0 saturated carbocycles. The highest BCUT2D eigenvalue weighted by Gasteiger charge is 2.05. The maximum absolute atomic E-state index is 12.2. The third-order valence-electron chi connectivity index (χ3n) is 3.04. The van der Waals surface area contributed by atoms with E-state index in [2.05, 4.69) is 6.92 Å². The van der Waals surface area contributed by atoms with Crippen LogP contribution >= 0.6 is 12.2 Å². The van der Waals surface area contributed by atoms with Crippen LogP contribution in [0.15, 0.2) is 35.3 Å². The molecule has 0 aliphatic heterocycles. The number of rotatable bonds is 6. The molecule has 2 rings (SSSR count). The lowest BCUT2D eigenvalue weighted by Crippen LogP contribution is -2.26. The molecule has 4 nitrogen and oxygen atoms in total. The van der Waals surface area contributed by atoms with Gasteiger partial charge < -0.3 is 15.0 Å². The standard InChI is InChI=1S/C15H18N2O2S/c1-2-3-8-19-12-4-5-13-11(9-12)6-7-17(15(13)18)10-14(16)20/h4-7,9H,2-3,8,10H2,1H3,(H2,16,20). The summed E-state index contributed by atoms with van der Waals surface area (Å²) in [5.41, 5.74) is 5.39. The number of nitrogens with two attached hydrogens (primary N) is 1. The van der Waals surface area contributed by atoms with Crippen molar-refractivity contribution in [2.75, 3.05) is 6.61 Å². The van der Waals surface area contributed by atoms with E-state index in [9.17, 15) is 4.79 Å². The molecule has 0 fully saturated rings. The van der Waals surface area contributed by atoms with E-state index >= 15 is 0 Å². The molecule has 0 saturated heterocycles. The van der Waals surface area contributed by atoms with Crippen LogP contribution in [0.5, 0.6) is 5.75 Å². The minimum atomic E-state index is -0.0876. The van der Waals surface area contributed by atoms with Gasteiger partial charge in [0.2, 0.25) is 0 Å². The molecule has 0 aliphatic rings. The Balaban J connectivity index is 2.31. The normalized spacial score (nSPS) is 10.7. The molecule has 1 aromatic heterocycles. The first-order valence-corrected chi connectivity index (χ1v) is 7.07. The monoisotopic (exact) mass is 290 g/mol. The van der Waals surface area contributed by atoms with Crippen LogP contribution in [0.25, 0.3) is 10.8 Å². The molecule has 0 amide bonds. The van der Waals surface area contributed by atoms with Gasteiger partial charge >= 0.3 is 0 Å². The fourth-order valence-electron chi connectivity index (χ4n) is 1.98. The molecule has 5 heteroatoms. The maximum atomic E-state index is 12.2. The highest BCUT2D eigenvalue weighted by atomic mass is 32.1. The molecule has 20 heavy (non-hydrogen) atoms. The summed E-state index contributed by atoms with van der Waals surface area (Å²) in [5, 5.41) is 1.51. The number of fused-ring (bicyclic) bond motifs is 1. The average Bonchev–Trinajstić information content (AvgIpc) is 2.42. The first kappa shape index (κ1) is 14.5. The number of hydrogen-bond acceptors (Lipinski definition) is 3. The predicted molar refractivity (Wildman–Crippen MR) is 85.4 cm³/mol. The van der Waals surface area contributed by atoms with Crippen LogP contribution in [0, 0.1) is 0 Å². The summed E-state index contributed by atoms with van der Waals surface area (Å²) in [7, 11) is 0. The lowest BCUT2D eigenvalue weighted by Gasteiger charge is -2.08. The Morgan fingerprint density at radius 2 is 2.20 bits per heavy atom. The Bertz CT molecular complexity index is 679. The number of nitrogens with zero attached hydrogens (tertiary/aromatic N) is 1. The molecule has 2 aromatic rings. The van der Waals surface area contributed by atoms with E-state index in [4.69, 9.17) is 22.7 Å². The molecule has 0 spiro atoms. The maximum Gasteiger partial charge on any atom is 0.258 e. The van der Waals surface area contributed by atoms with Gasteiger partial charge in [0.25, 0.3) is 5.56 Å². The van der Waals surface area contributed by atoms with Gasteiger partial charge in [-0.3, -0.25) is 4.79 Å². The van der Waals surface area contributed by atoms with E-state index in [1.54, 1.807) is 12.3 Å². The summed E-state index contributed by atoms with van der Waals surface area (Å²) >= 11 is 4.84. The fraction of sp³-hybridized carbons (Fsp3) is 0.333. The van der Waals surface area contributed by atoms with Crippen LogP contribution < -0.4 is 16.0 Å². The molecular weight excluding hydrogens is 272 g/mol. The fourth-order valence-corrected chi connectivity index (χ4v) is 2.12. The average molecular weight is 290 g/mol. The Morgan fingerprint density at radius 1 is 1.40 bits per heavy atom. The molecule has 1 heterocycles. The quantitative estimate of drug-likeness (QED) is 0.656. The Hall–Kier alpha value is -1.88. The molecule has 2 N–H and O–H groups in total. The van der Waals surface area contributed by atoms with Gasteiger partial charge in [-0.15, -0.1) is 0 Å². The minimum absolute atomic E-state index is 0.0876. The molecule has 0 radical (unpaired) electrons. The lowest BCUT2D eigenvalue weighted by atomic mass is 10.1. The number of hydrogen-bond donors (Lipinski definition) is 1. The predicted octanol–water partition coefficient (Wildman–Crippen LogP) is 2.47. The van der Waals surface area contributed by atoms with E-state index in [0.717, 1.165) is 24.0 Å². The number of ether oxygens (including phenoxy) is 1. The van der Waals surface area contributed by atoms with Gasteiger partial charge in [0.1, 0.15) is 5.75 Å². The van der Waals surface area contributed by atoms with Gasteiger partial charge in [-0.2, -0.15) is 0 Å². The van der Waals surface area contributed by atoms with Gasteiger partial charge in [-0.1, -0.05) is 25.6 Å². The summed E-state index contributed by atoms with van der Waals surface area (Å²) in [6, 6.07) is 7.37. The van der Waals surface area contributed by atoms with E-state index in [1.165, 1.54) is 4.57 Å². The zero-order valence-electron chi connectivity index (χ0n) is 11.5. The van der Waals surface area contributed by atoms with E-state index in [1.807, 2.05) is 18.2 Å². The van der Waals surface area contributed by atoms with Crippen molar-refractivity contribution in [1.82, 2.24) is 4.57 Å². The molecule has 0 aliphatic carbocycles. The van der Waals surface area contributed by atoms with Gasteiger partial charge in [-0.05, 0) is 36.1 Å². The Kier molecular flexibility index (Phi) is 4.74.